The second-order valence-electron chi connectivity index (χ2n) is 8.15. The minimum absolute atomic E-state index is 0.0502. The van der Waals surface area contributed by atoms with E-state index in [1.807, 2.05) is 0 Å². The second-order valence-corrected chi connectivity index (χ2v) is 10.1. The molecule has 35 heavy (non-hydrogen) atoms. The molecule has 0 aliphatic carbocycles. The molecule has 186 valence electrons. The molecule has 2 aromatic rings. The van der Waals surface area contributed by atoms with Gasteiger partial charge in [0.2, 0.25) is 21.8 Å². The average molecular weight is 500 g/mol. The lowest BCUT2D eigenvalue weighted by molar-refractivity contribution is -0.136. The van der Waals surface area contributed by atoms with Gasteiger partial charge in [0.25, 0.3) is 0 Å². The van der Waals surface area contributed by atoms with E-state index in [2.05, 4.69) is 5.32 Å². The third-order valence-electron chi connectivity index (χ3n) is 5.70. The van der Waals surface area contributed by atoms with Crippen LogP contribution in [0.25, 0.3) is 6.08 Å². The number of nitrogens with one attached hydrogen (secondary N) is 1. The van der Waals surface area contributed by atoms with E-state index in [9.17, 15) is 22.8 Å². The summed E-state index contributed by atoms with van der Waals surface area (Å²) in [7, 11) is -2.21. The first kappa shape index (κ1) is 26.1. The Morgan fingerprint density at radius 2 is 1.69 bits per heavy atom. The molecule has 0 spiro atoms. The summed E-state index contributed by atoms with van der Waals surface area (Å²) in [4.78, 5) is 38.2. The number of amides is 2. The van der Waals surface area contributed by atoms with E-state index < -0.39 is 22.0 Å². The van der Waals surface area contributed by atoms with Crippen LogP contribution in [0.15, 0.2) is 59.5 Å². The monoisotopic (exact) mass is 499 g/mol. The summed E-state index contributed by atoms with van der Waals surface area (Å²) in [6.07, 6.45) is 2.99. The number of benzene rings is 2. The number of carbonyl (C=O) groups excluding carboxylic acids is 3. The lowest BCUT2D eigenvalue weighted by atomic mass is 10.2. The molecule has 1 aliphatic heterocycles. The highest BCUT2D eigenvalue weighted by atomic mass is 32.2. The van der Waals surface area contributed by atoms with Gasteiger partial charge in [-0.15, -0.1) is 0 Å². The lowest BCUT2D eigenvalue weighted by Gasteiger charge is -2.35. The average Bonchev–Trinajstić information content (AvgIpc) is 2.87. The van der Waals surface area contributed by atoms with E-state index in [0.717, 1.165) is 5.56 Å². The maximum absolute atomic E-state index is 13.0. The molecule has 1 N–H and O–H groups in total. The van der Waals surface area contributed by atoms with Crippen LogP contribution in [-0.4, -0.2) is 74.6 Å². The largest absolute Gasteiger partial charge is 0.497 e. The number of hydrogen-bond acceptors (Lipinski definition) is 6. The van der Waals surface area contributed by atoms with Crippen LogP contribution in [0.3, 0.4) is 0 Å². The molecule has 2 amide bonds. The Balaban J connectivity index is 1.54. The molecule has 0 bridgehead atoms. The van der Waals surface area contributed by atoms with Crippen LogP contribution in [-0.2, 0) is 19.6 Å². The standard InChI is InChI=1S/C25H29N3O6S/c1-18(26-24(30)12-9-20-7-10-22(34-3)11-8-20)25(31)27-13-15-28(16-14-27)35(32,33)23-6-4-5-21(17-23)19(2)29/h4-12,17-18H,13-16H2,1-3H3,(H,26,30)/b12-9+/t18-/m0/s1. The Labute approximate surface area is 205 Å². The summed E-state index contributed by atoms with van der Waals surface area (Å²) in [5, 5.41) is 2.65. The number of nitrogens with zero attached hydrogens (tertiary/aromatic N) is 2. The number of carbonyl (C=O) groups is 3. The Hall–Kier alpha value is -3.50. The van der Waals surface area contributed by atoms with Crippen molar-refractivity contribution in [3.05, 3.63) is 65.7 Å². The van der Waals surface area contributed by atoms with E-state index in [0.29, 0.717) is 11.3 Å². The molecule has 1 fully saturated rings. The molecule has 1 atom stereocenters. The van der Waals surface area contributed by atoms with Crippen molar-refractivity contribution in [3.63, 3.8) is 0 Å². The quantitative estimate of drug-likeness (QED) is 0.439. The first-order valence-electron chi connectivity index (χ1n) is 11.1. The van der Waals surface area contributed by atoms with Crippen molar-refractivity contribution in [1.82, 2.24) is 14.5 Å². The fourth-order valence-corrected chi connectivity index (χ4v) is 5.13. The summed E-state index contributed by atoms with van der Waals surface area (Å²) in [5.74, 6) is -0.198. The molecule has 0 unspecified atom stereocenters. The van der Waals surface area contributed by atoms with E-state index >= 15 is 0 Å². The fraction of sp³-hybridized carbons (Fsp3) is 0.320. The predicted octanol–water partition coefficient (Wildman–Crippen LogP) is 1.95. The Morgan fingerprint density at radius 1 is 1.03 bits per heavy atom. The predicted molar refractivity (Wildman–Crippen MR) is 131 cm³/mol. The van der Waals surface area contributed by atoms with Gasteiger partial charge in [0.1, 0.15) is 11.8 Å². The minimum atomic E-state index is -3.79. The molecule has 2 aromatic carbocycles. The molecular formula is C25H29N3O6S. The topological polar surface area (TPSA) is 113 Å². The van der Waals surface area contributed by atoms with Gasteiger partial charge in [-0.05, 0) is 49.8 Å². The van der Waals surface area contributed by atoms with Crippen LogP contribution < -0.4 is 10.1 Å². The van der Waals surface area contributed by atoms with Gasteiger partial charge in [0.15, 0.2) is 5.78 Å². The Morgan fingerprint density at radius 3 is 2.29 bits per heavy atom. The van der Waals surface area contributed by atoms with Crippen molar-refractivity contribution in [3.8, 4) is 5.75 Å². The van der Waals surface area contributed by atoms with E-state index in [1.54, 1.807) is 50.4 Å². The third kappa shape index (κ3) is 6.55. The van der Waals surface area contributed by atoms with Gasteiger partial charge in [0, 0.05) is 37.8 Å². The third-order valence-corrected chi connectivity index (χ3v) is 7.60. The lowest BCUT2D eigenvalue weighted by Crippen LogP contribution is -2.55. The normalized spacial score (nSPS) is 15.6. The summed E-state index contributed by atoms with van der Waals surface area (Å²) in [6.45, 7) is 3.62. The molecule has 0 radical (unpaired) electrons. The van der Waals surface area contributed by atoms with Crippen molar-refractivity contribution in [2.75, 3.05) is 33.3 Å². The van der Waals surface area contributed by atoms with Crippen molar-refractivity contribution in [1.29, 1.82) is 0 Å². The van der Waals surface area contributed by atoms with Crippen LogP contribution in [0.1, 0.15) is 29.8 Å². The number of hydrogen-bond donors (Lipinski definition) is 1. The number of piperazine rings is 1. The fourth-order valence-electron chi connectivity index (χ4n) is 3.66. The maximum atomic E-state index is 13.0. The zero-order valence-corrected chi connectivity index (χ0v) is 20.7. The molecule has 0 saturated carbocycles. The van der Waals surface area contributed by atoms with Crippen LogP contribution >= 0.6 is 0 Å². The van der Waals surface area contributed by atoms with Gasteiger partial charge in [-0.1, -0.05) is 24.3 Å². The van der Waals surface area contributed by atoms with Gasteiger partial charge in [0.05, 0.1) is 12.0 Å². The Kier molecular flexibility index (Phi) is 8.42. The smallest absolute Gasteiger partial charge is 0.244 e. The first-order chi connectivity index (χ1) is 16.6. The van der Waals surface area contributed by atoms with Crippen LogP contribution in [0.5, 0.6) is 5.75 Å². The number of sulfonamides is 1. The second kappa shape index (κ2) is 11.3. The summed E-state index contributed by atoms with van der Waals surface area (Å²) in [6, 6.07) is 12.3. The number of methoxy groups -OCH3 is 1. The first-order valence-corrected chi connectivity index (χ1v) is 12.6. The summed E-state index contributed by atoms with van der Waals surface area (Å²) < 4.78 is 32.4. The SMILES string of the molecule is COc1ccc(/C=C/C(=O)N[C@@H](C)C(=O)N2CCN(S(=O)(=O)c3cccc(C(C)=O)c3)CC2)cc1. The highest BCUT2D eigenvalue weighted by molar-refractivity contribution is 7.89. The van der Waals surface area contributed by atoms with Gasteiger partial charge in [-0.25, -0.2) is 8.42 Å². The zero-order chi connectivity index (χ0) is 25.6. The number of Topliss-reactive ketones (excluding diaryl/α,β-unsaturated/α-hetero) is 1. The van der Waals surface area contributed by atoms with Crippen molar-refractivity contribution in [2.45, 2.75) is 24.8 Å². The summed E-state index contributed by atoms with van der Waals surface area (Å²) in [5.41, 5.74) is 1.14. The zero-order valence-electron chi connectivity index (χ0n) is 19.9. The molecule has 1 saturated heterocycles. The van der Waals surface area contributed by atoms with E-state index in [1.165, 1.54) is 40.4 Å². The van der Waals surface area contributed by atoms with E-state index in [4.69, 9.17) is 4.74 Å². The summed E-state index contributed by atoms with van der Waals surface area (Å²) >= 11 is 0. The molecule has 1 aliphatic rings. The highest BCUT2D eigenvalue weighted by Crippen LogP contribution is 2.19. The molecule has 3 rings (SSSR count). The Bertz CT molecular complexity index is 1220. The molecule has 10 heteroatoms. The van der Waals surface area contributed by atoms with Crippen molar-refractivity contribution < 1.29 is 27.5 Å². The van der Waals surface area contributed by atoms with Crippen molar-refractivity contribution in [2.24, 2.45) is 0 Å². The maximum Gasteiger partial charge on any atom is 0.244 e. The molecular weight excluding hydrogens is 470 g/mol. The van der Waals surface area contributed by atoms with Gasteiger partial charge in [-0.3, -0.25) is 14.4 Å². The van der Waals surface area contributed by atoms with Crippen LogP contribution in [0, 0.1) is 0 Å². The van der Waals surface area contributed by atoms with Gasteiger partial charge < -0.3 is 15.0 Å². The van der Waals surface area contributed by atoms with Gasteiger partial charge >= 0.3 is 0 Å². The molecule has 0 aromatic heterocycles. The molecule has 1 heterocycles. The van der Waals surface area contributed by atoms with Crippen molar-refractivity contribution >= 4 is 33.7 Å². The number of ether oxygens (including phenoxy) is 1. The minimum Gasteiger partial charge on any atom is -0.497 e. The highest BCUT2D eigenvalue weighted by Gasteiger charge is 2.32. The van der Waals surface area contributed by atoms with Crippen LogP contribution in [0.4, 0.5) is 0 Å². The van der Waals surface area contributed by atoms with Gasteiger partial charge in [-0.2, -0.15) is 4.31 Å². The van der Waals surface area contributed by atoms with E-state index in [-0.39, 0.29) is 42.8 Å². The number of ketones is 1. The van der Waals surface area contributed by atoms with Crippen LogP contribution in [0.2, 0.25) is 0 Å². The number of rotatable bonds is 8. The molecule has 9 nitrogen and oxygen atoms in total.